The van der Waals surface area contributed by atoms with Crippen LogP contribution in [0.5, 0.6) is 0 Å². The Morgan fingerprint density at radius 1 is 1.29 bits per heavy atom. The molecule has 0 aromatic carbocycles. The van der Waals surface area contributed by atoms with Gasteiger partial charge in [-0.15, -0.1) is 0 Å². The minimum absolute atomic E-state index is 0.0376. The number of esters is 1. The number of piperidine rings is 1. The van der Waals surface area contributed by atoms with Gasteiger partial charge < -0.3 is 9.64 Å². The summed E-state index contributed by atoms with van der Waals surface area (Å²) in [5, 5.41) is 8.53. The van der Waals surface area contributed by atoms with Crippen LogP contribution in [-0.4, -0.2) is 51.3 Å². The van der Waals surface area contributed by atoms with Gasteiger partial charge in [-0.1, -0.05) is 13.8 Å². The molecule has 0 bridgehead atoms. The minimum Gasteiger partial charge on any atom is -0.464 e. The number of hydrogen-bond acceptors (Lipinski definition) is 7. The summed E-state index contributed by atoms with van der Waals surface area (Å²) in [6.07, 6.45) is 3.61. The van der Waals surface area contributed by atoms with Crippen LogP contribution in [0.2, 0.25) is 5.28 Å². The van der Waals surface area contributed by atoms with Crippen molar-refractivity contribution in [2.75, 3.05) is 25.1 Å². The number of anilines is 1. The average molecular weight is 403 g/mol. The zero-order chi connectivity index (χ0) is 20.1. The molecule has 0 aliphatic carbocycles. The lowest BCUT2D eigenvalue weighted by Gasteiger charge is -2.32. The highest BCUT2D eigenvalue weighted by Gasteiger charge is 2.25. The fourth-order valence-corrected chi connectivity index (χ4v) is 3.53. The van der Waals surface area contributed by atoms with E-state index < -0.39 is 5.97 Å². The second kappa shape index (κ2) is 8.97. The van der Waals surface area contributed by atoms with E-state index in [-0.39, 0.29) is 11.0 Å². The molecule has 0 amide bonds. The Bertz CT molecular complexity index is 953. The second-order valence-electron chi connectivity index (χ2n) is 6.15. The molecular formula is C19H23ClN6O2. The van der Waals surface area contributed by atoms with Crippen molar-refractivity contribution >= 4 is 34.4 Å². The molecular weight excluding hydrogens is 380 g/mol. The molecule has 1 aliphatic heterocycles. The van der Waals surface area contributed by atoms with Crippen molar-refractivity contribution in [3.8, 4) is 0 Å². The summed E-state index contributed by atoms with van der Waals surface area (Å²) in [6.45, 7) is 5.58. The molecule has 0 unspecified atom stereocenters. The summed E-state index contributed by atoms with van der Waals surface area (Å²) in [4.78, 5) is 26.3. The van der Waals surface area contributed by atoms with Crippen molar-refractivity contribution in [1.29, 1.82) is 0 Å². The van der Waals surface area contributed by atoms with Gasteiger partial charge in [-0.05, 0) is 36.6 Å². The number of fused-ring (bicyclic) bond motifs is 1. The Hall–Kier alpha value is -2.74. The fourth-order valence-electron chi connectivity index (χ4n) is 3.36. The molecule has 148 valence electrons. The van der Waals surface area contributed by atoms with Gasteiger partial charge in [0.25, 0.3) is 0 Å². The number of rotatable bonds is 3. The number of ether oxygens (including phenoxy) is 1. The van der Waals surface area contributed by atoms with Gasteiger partial charge >= 0.3 is 5.97 Å². The SMILES string of the molecule is CC.COC(=O)c1cc(N2CCC(c3[nH]nc4ncccc34)CC2)nc(Cl)n1. The number of aromatic nitrogens is 5. The molecule has 1 saturated heterocycles. The van der Waals surface area contributed by atoms with Crippen molar-refractivity contribution < 1.29 is 9.53 Å². The monoisotopic (exact) mass is 402 g/mol. The van der Waals surface area contributed by atoms with E-state index >= 15 is 0 Å². The van der Waals surface area contributed by atoms with Crippen LogP contribution in [0.25, 0.3) is 11.0 Å². The molecule has 0 atom stereocenters. The van der Waals surface area contributed by atoms with Gasteiger partial charge in [0, 0.05) is 42.4 Å². The van der Waals surface area contributed by atoms with Crippen LogP contribution in [-0.2, 0) is 4.74 Å². The summed E-state index contributed by atoms with van der Waals surface area (Å²) in [5.74, 6) is 0.486. The van der Waals surface area contributed by atoms with E-state index in [0.29, 0.717) is 11.7 Å². The summed E-state index contributed by atoms with van der Waals surface area (Å²) >= 11 is 5.97. The number of hydrogen-bond donors (Lipinski definition) is 1. The number of nitrogens with one attached hydrogen (secondary N) is 1. The zero-order valence-corrected chi connectivity index (χ0v) is 16.9. The van der Waals surface area contributed by atoms with Crippen LogP contribution in [0.3, 0.4) is 0 Å². The van der Waals surface area contributed by atoms with Gasteiger partial charge in [0.05, 0.1) is 7.11 Å². The number of pyridine rings is 1. The number of methoxy groups -OCH3 is 1. The molecule has 9 heteroatoms. The largest absolute Gasteiger partial charge is 0.464 e. The molecule has 4 rings (SSSR count). The maximum atomic E-state index is 11.7. The fraction of sp³-hybridized carbons (Fsp3) is 0.421. The van der Waals surface area contributed by atoms with E-state index in [4.69, 9.17) is 16.3 Å². The first-order chi connectivity index (χ1) is 13.7. The molecule has 8 nitrogen and oxygen atoms in total. The van der Waals surface area contributed by atoms with Gasteiger partial charge in [-0.3, -0.25) is 5.10 Å². The van der Waals surface area contributed by atoms with E-state index in [0.717, 1.165) is 42.7 Å². The number of aromatic amines is 1. The van der Waals surface area contributed by atoms with Gasteiger partial charge in [-0.25, -0.2) is 19.7 Å². The van der Waals surface area contributed by atoms with Crippen LogP contribution < -0.4 is 4.90 Å². The molecule has 0 saturated carbocycles. The van der Waals surface area contributed by atoms with E-state index in [1.54, 1.807) is 12.3 Å². The lowest BCUT2D eigenvalue weighted by atomic mass is 9.92. The predicted molar refractivity (Wildman–Crippen MR) is 108 cm³/mol. The smallest absolute Gasteiger partial charge is 0.356 e. The Labute approximate surface area is 168 Å². The van der Waals surface area contributed by atoms with Crippen molar-refractivity contribution in [3.63, 3.8) is 0 Å². The molecule has 0 spiro atoms. The van der Waals surface area contributed by atoms with E-state index in [9.17, 15) is 4.79 Å². The summed E-state index contributed by atoms with van der Waals surface area (Å²) < 4.78 is 4.72. The second-order valence-corrected chi connectivity index (χ2v) is 6.48. The number of carbonyl (C=O) groups excluding carboxylic acids is 1. The van der Waals surface area contributed by atoms with E-state index in [2.05, 4.69) is 30.0 Å². The third-order valence-corrected chi connectivity index (χ3v) is 4.84. The Morgan fingerprint density at radius 3 is 2.75 bits per heavy atom. The Morgan fingerprint density at radius 2 is 2.04 bits per heavy atom. The number of carbonyl (C=O) groups is 1. The maximum Gasteiger partial charge on any atom is 0.356 e. The summed E-state index contributed by atoms with van der Waals surface area (Å²) in [7, 11) is 1.31. The molecule has 3 aromatic rings. The molecule has 1 N–H and O–H groups in total. The van der Waals surface area contributed by atoms with Crippen LogP contribution >= 0.6 is 11.6 Å². The quantitative estimate of drug-likeness (QED) is 0.528. The van der Waals surface area contributed by atoms with Gasteiger partial charge in [0.15, 0.2) is 11.3 Å². The highest BCUT2D eigenvalue weighted by atomic mass is 35.5. The first-order valence-electron chi connectivity index (χ1n) is 9.32. The van der Waals surface area contributed by atoms with Crippen LogP contribution in [0.1, 0.15) is 48.8 Å². The lowest BCUT2D eigenvalue weighted by Crippen LogP contribution is -2.34. The average Bonchev–Trinajstić information content (AvgIpc) is 3.18. The zero-order valence-electron chi connectivity index (χ0n) is 16.1. The number of H-pyrrole nitrogens is 1. The minimum atomic E-state index is -0.526. The third-order valence-electron chi connectivity index (χ3n) is 4.67. The molecule has 0 radical (unpaired) electrons. The van der Waals surface area contributed by atoms with Gasteiger partial charge in [-0.2, -0.15) is 5.10 Å². The molecule has 3 aromatic heterocycles. The van der Waals surface area contributed by atoms with Crippen LogP contribution in [0.15, 0.2) is 24.4 Å². The highest BCUT2D eigenvalue weighted by Crippen LogP contribution is 2.32. The molecule has 28 heavy (non-hydrogen) atoms. The topological polar surface area (TPSA) is 96.9 Å². The highest BCUT2D eigenvalue weighted by molar-refractivity contribution is 6.28. The van der Waals surface area contributed by atoms with Crippen molar-refractivity contribution in [2.24, 2.45) is 0 Å². The normalized spacial score (nSPS) is 14.5. The van der Waals surface area contributed by atoms with Crippen molar-refractivity contribution in [1.82, 2.24) is 25.1 Å². The first kappa shape index (κ1) is 20.0. The van der Waals surface area contributed by atoms with Gasteiger partial charge in [0.1, 0.15) is 5.82 Å². The Kier molecular flexibility index (Phi) is 6.41. The third kappa shape index (κ3) is 4.06. The van der Waals surface area contributed by atoms with Gasteiger partial charge in [0.2, 0.25) is 5.28 Å². The van der Waals surface area contributed by atoms with Crippen molar-refractivity contribution in [3.05, 3.63) is 41.1 Å². The number of halogens is 1. The van der Waals surface area contributed by atoms with Crippen LogP contribution in [0.4, 0.5) is 5.82 Å². The first-order valence-corrected chi connectivity index (χ1v) is 9.70. The molecule has 1 aliphatic rings. The summed E-state index contributed by atoms with van der Waals surface area (Å²) in [5.41, 5.74) is 2.04. The Balaban J connectivity index is 0.00000109. The standard InChI is InChI=1S/C17H17ClN6O2.C2H6/c1-26-16(25)12-9-13(21-17(18)20-12)24-7-4-10(5-8-24)14-11-3-2-6-19-15(11)23-22-14;1-2/h2-3,6,9-10H,4-5,7-8H2,1H3,(H,19,22,23);1-2H3. The summed E-state index contributed by atoms with van der Waals surface area (Å²) in [6, 6.07) is 5.58. The molecule has 4 heterocycles. The van der Waals surface area contributed by atoms with E-state index in [1.165, 1.54) is 7.11 Å². The lowest BCUT2D eigenvalue weighted by molar-refractivity contribution is 0.0594. The van der Waals surface area contributed by atoms with E-state index in [1.807, 2.05) is 26.0 Å². The predicted octanol–water partition coefficient (Wildman–Crippen LogP) is 3.60. The maximum absolute atomic E-state index is 11.7. The molecule has 1 fully saturated rings. The number of nitrogens with zero attached hydrogens (tertiary/aromatic N) is 5. The van der Waals surface area contributed by atoms with Crippen molar-refractivity contribution in [2.45, 2.75) is 32.6 Å². The van der Waals surface area contributed by atoms with Crippen LogP contribution in [0, 0.1) is 0 Å².